The molecule has 0 bridgehead atoms. The fourth-order valence-corrected chi connectivity index (χ4v) is 3.56. The summed E-state index contributed by atoms with van der Waals surface area (Å²) in [7, 11) is 0. The normalized spacial score (nSPS) is 19.6. The maximum atomic E-state index is 13.4. The zero-order chi connectivity index (χ0) is 13.9. The van der Waals surface area contributed by atoms with Crippen LogP contribution in [-0.2, 0) is 6.42 Å². The highest BCUT2D eigenvalue weighted by Crippen LogP contribution is 2.44. The molecule has 1 fully saturated rings. The van der Waals surface area contributed by atoms with E-state index in [0.29, 0.717) is 0 Å². The molecule has 2 rings (SSSR count). The van der Waals surface area contributed by atoms with Gasteiger partial charge in [-0.15, -0.1) is 0 Å². The molecule has 1 unspecified atom stereocenters. The summed E-state index contributed by atoms with van der Waals surface area (Å²) in [6.07, 6.45) is 6.98. The fourth-order valence-electron chi connectivity index (χ4n) is 3.56. The van der Waals surface area contributed by atoms with E-state index < -0.39 is 0 Å². The van der Waals surface area contributed by atoms with Crippen molar-refractivity contribution >= 4 is 0 Å². The van der Waals surface area contributed by atoms with Crippen molar-refractivity contribution in [2.75, 3.05) is 0 Å². The Balaban J connectivity index is 2.21. The van der Waals surface area contributed by atoms with Gasteiger partial charge in [0.25, 0.3) is 0 Å². The van der Waals surface area contributed by atoms with Crippen LogP contribution in [0.4, 0.5) is 4.39 Å². The number of nitrogens with two attached hydrogens (primary N) is 1. The molecule has 19 heavy (non-hydrogen) atoms. The lowest BCUT2D eigenvalue weighted by molar-refractivity contribution is 0.185. The lowest BCUT2D eigenvalue weighted by Gasteiger charge is -2.37. The molecule has 0 spiro atoms. The Bertz CT molecular complexity index is 425. The Morgan fingerprint density at radius 1 is 1.37 bits per heavy atom. The number of benzene rings is 1. The molecular formula is C16H25FN2. The van der Waals surface area contributed by atoms with Crippen molar-refractivity contribution < 1.29 is 4.39 Å². The number of halogens is 1. The maximum Gasteiger partial charge on any atom is 0.123 e. The summed E-state index contributed by atoms with van der Waals surface area (Å²) in [5.74, 6) is 5.65. The fraction of sp³-hybridized carbons (Fsp3) is 0.625. The minimum Gasteiger partial charge on any atom is -0.271 e. The summed E-state index contributed by atoms with van der Waals surface area (Å²) in [5, 5.41) is 0. The van der Waals surface area contributed by atoms with Crippen LogP contribution in [-0.4, -0.2) is 6.04 Å². The first kappa shape index (κ1) is 14.5. The summed E-state index contributed by atoms with van der Waals surface area (Å²) in [6.45, 7) is 4.28. The van der Waals surface area contributed by atoms with E-state index >= 15 is 0 Å². The van der Waals surface area contributed by atoms with Crippen molar-refractivity contribution in [3.05, 3.63) is 35.1 Å². The van der Waals surface area contributed by atoms with Crippen molar-refractivity contribution in [2.45, 2.75) is 58.4 Å². The van der Waals surface area contributed by atoms with E-state index in [1.165, 1.54) is 31.7 Å². The third kappa shape index (κ3) is 2.98. The summed E-state index contributed by atoms with van der Waals surface area (Å²) in [4.78, 5) is 0. The van der Waals surface area contributed by atoms with Gasteiger partial charge >= 0.3 is 0 Å². The summed E-state index contributed by atoms with van der Waals surface area (Å²) < 4.78 is 13.4. The first-order valence-corrected chi connectivity index (χ1v) is 7.32. The van der Waals surface area contributed by atoms with Gasteiger partial charge in [-0.05, 0) is 61.3 Å². The van der Waals surface area contributed by atoms with Crippen LogP contribution in [0.5, 0.6) is 0 Å². The lowest BCUT2D eigenvalue weighted by atomic mass is 9.74. The summed E-state index contributed by atoms with van der Waals surface area (Å²) >= 11 is 0. The van der Waals surface area contributed by atoms with Gasteiger partial charge in [-0.1, -0.05) is 25.8 Å². The van der Waals surface area contributed by atoms with Gasteiger partial charge in [-0.25, -0.2) is 4.39 Å². The van der Waals surface area contributed by atoms with E-state index in [0.717, 1.165) is 24.0 Å². The Hall–Kier alpha value is -0.930. The molecule has 106 valence electrons. The predicted octanol–water partition coefficient (Wildman–Crippen LogP) is 3.48. The molecule has 1 aromatic carbocycles. The largest absolute Gasteiger partial charge is 0.271 e. The first-order valence-electron chi connectivity index (χ1n) is 7.32. The monoisotopic (exact) mass is 264 g/mol. The lowest BCUT2D eigenvalue weighted by Crippen LogP contribution is -2.48. The van der Waals surface area contributed by atoms with E-state index in [1.54, 1.807) is 6.07 Å². The second kappa shape index (κ2) is 6.02. The summed E-state index contributed by atoms with van der Waals surface area (Å²) in [6, 6.07) is 5.26. The Kier molecular flexibility index (Phi) is 4.58. The molecule has 0 heterocycles. The van der Waals surface area contributed by atoms with Crippen LogP contribution in [0.25, 0.3) is 0 Å². The molecule has 1 saturated carbocycles. The highest BCUT2D eigenvalue weighted by atomic mass is 19.1. The maximum absolute atomic E-state index is 13.4. The van der Waals surface area contributed by atoms with Crippen LogP contribution in [0.15, 0.2) is 18.2 Å². The number of hydrogen-bond acceptors (Lipinski definition) is 2. The Morgan fingerprint density at radius 2 is 2.05 bits per heavy atom. The Morgan fingerprint density at radius 3 is 2.63 bits per heavy atom. The van der Waals surface area contributed by atoms with Gasteiger partial charge in [0.2, 0.25) is 0 Å². The molecule has 0 radical (unpaired) electrons. The predicted molar refractivity (Wildman–Crippen MR) is 77.1 cm³/mol. The second-order valence-electron chi connectivity index (χ2n) is 5.92. The zero-order valence-electron chi connectivity index (χ0n) is 12.0. The van der Waals surface area contributed by atoms with E-state index in [9.17, 15) is 4.39 Å². The minimum absolute atomic E-state index is 0.159. The van der Waals surface area contributed by atoms with Gasteiger partial charge in [-0.2, -0.15) is 0 Å². The van der Waals surface area contributed by atoms with Crippen molar-refractivity contribution in [1.82, 2.24) is 5.43 Å². The van der Waals surface area contributed by atoms with Crippen LogP contribution in [0.1, 0.15) is 50.2 Å². The average Bonchev–Trinajstić information content (AvgIpc) is 2.89. The van der Waals surface area contributed by atoms with Crippen LogP contribution in [0.2, 0.25) is 0 Å². The van der Waals surface area contributed by atoms with Gasteiger partial charge in [-0.3, -0.25) is 11.3 Å². The second-order valence-corrected chi connectivity index (χ2v) is 5.92. The number of aryl methyl sites for hydroxylation is 1. The molecule has 2 nitrogen and oxygen atoms in total. The standard InChI is InChI=1S/C16H25FN2/c1-3-16(8-4-5-9-16)15(19-18)11-13-10-14(17)7-6-12(13)2/h6-7,10,15,19H,3-5,8-9,11,18H2,1-2H3. The topological polar surface area (TPSA) is 38.0 Å². The first-order chi connectivity index (χ1) is 9.11. The molecule has 1 aromatic rings. The molecule has 1 atom stereocenters. The summed E-state index contributed by atoms with van der Waals surface area (Å²) in [5.41, 5.74) is 5.51. The van der Waals surface area contributed by atoms with E-state index in [1.807, 2.05) is 13.0 Å². The van der Waals surface area contributed by atoms with Gasteiger partial charge in [0, 0.05) is 6.04 Å². The molecule has 1 aliphatic carbocycles. The molecule has 0 saturated heterocycles. The number of hydrazine groups is 1. The molecule has 0 amide bonds. The average molecular weight is 264 g/mol. The SMILES string of the molecule is CCC1(C(Cc2cc(F)ccc2C)NN)CCCC1. The number of rotatable bonds is 5. The Labute approximate surface area is 115 Å². The van der Waals surface area contributed by atoms with Crippen LogP contribution in [0.3, 0.4) is 0 Å². The van der Waals surface area contributed by atoms with Crippen LogP contribution in [0, 0.1) is 18.2 Å². The molecule has 3 heteroatoms. The van der Waals surface area contributed by atoms with E-state index in [-0.39, 0.29) is 17.3 Å². The smallest absolute Gasteiger partial charge is 0.123 e. The zero-order valence-corrected chi connectivity index (χ0v) is 12.0. The number of nitrogens with one attached hydrogen (secondary N) is 1. The highest BCUT2D eigenvalue weighted by molar-refractivity contribution is 5.28. The van der Waals surface area contributed by atoms with E-state index in [4.69, 9.17) is 5.84 Å². The quantitative estimate of drug-likeness (QED) is 0.631. The van der Waals surface area contributed by atoms with E-state index in [2.05, 4.69) is 12.3 Å². The van der Waals surface area contributed by atoms with Crippen molar-refractivity contribution in [1.29, 1.82) is 0 Å². The van der Waals surface area contributed by atoms with Gasteiger partial charge in [0.1, 0.15) is 5.82 Å². The molecule has 0 aliphatic heterocycles. The molecule has 1 aliphatic rings. The van der Waals surface area contributed by atoms with Gasteiger partial charge in [0.05, 0.1) is 0 Å². The van der Waals surface area contributed by atoms with Gasteiger partial charge in [0.15, 0.2) is 0 Å². The molecule has 3 N–H and O–H groups in total. The number of hydrogen-bond donors (Lipinski definition) is 2. The van der Waals surface area contributed by atoms with Crippen LogP contribution >= 0.6 is 0 Å². The molecule has 0 aromatic heterocycles. The van der Waals surface area contributed by atoms with Crippen molar-refractivity contribution in [3.8, 4) is 0 Å². The molecular weight excluding hydrogens is 239 g/mol. The van der Waals surface area contributed by atoms with Crippen molar-refractivity contribution in [3.63, 3.8) is 0 Å². The van der Waals surface area contributed by atoms with Crippen LogP contribution < -0.4 is 11.3 Å². The van der Waals surface area contributed by atoms with Gasteiger partial charge < -0.3 is 0 Å². The van der Waals surface area contributed by atoms with Crippen molar-refractivity contribution in [2.24, 2.45) is 11.3 Å². The minimum atomic E-state index is -0.159. The highest BCUT2D eigenvalue weighted by Gasteiger charge is 2.39. The third-order valence-electron chi connectivity index (χ3n) is 4.98. The third-order valence-corrected chi connectivity index (χ3v) is 4.98.